The van der Waals surface area contributed by atoms with Gasteiger partial charge in [0.15, 0.2) is 0 Å². The van der Waals surface area contributed by atoms with Crippen molar-refractivity contribution in [3.63, 3.8) is 0 Å². The third-order valence-electron chi connectivity index (χ3n) is 5.12. The maximum atomic E-state index is 11.7. The number of rotatable bonds is 1. The summed E-state index contributed by atoms with van der Waals surface area (Å²) in [6, 6.07) is 27.0. The molecular formula is C22H16O. The van der Waals surface area contributed by atoms with E-state index in [9.17, 15) is 5.11 Å². The van der Waals surface area contributed by atoms with E-state index in [1.807, 2.05) is 36.4 Å². The summed E-state index contributed by atoms with van der Waals surface area (Å²) in [5, 5.41) is 16.6. The van der Waals surface area contributed by atoms with Crippen LogP contribution in [-0.2, 0) is 12.0 Å². The van der Waals surface area contributed by atoms with Crippen LogP contribution in [0, 0.1) is 0 Å². The molecule has 1 heteroatoms. The van der Waals surface area contributed by atoms with E-state index in [-0.39, 0.29) is 0 Å². The fourth-order valence-corrected chi connectivity index (χ4v) is 4.07. The van der Waals surface area contributed by atoms with Crippen molar-refractivity contribution in [3.05, 3.63) is 95.6 Å². The van der Waals surface area contributed by atoms with Crippen LogP contribution in [0.2, 0.25) is 0 Å². The van der Waals surface area contributed by atoms with Crippen molar-refractivity contribution in [3.8, 4) is 0 Å². The third-order valence-corrected chi connectivity index (χ3v) is 5.12. The molecule has 23 heavy (non-hydrogen) atoms. The van der Waals surface area contributed by atoms with Crippen molar-refractivity contribution in [1.29, 1.82) is 0 Å². The number of hydrogen-bond donors (Lipinski definition) is 1. The van der Waals surface area contributed by atoms with Gasteiger partial charge in [0, 0.05) is 6.42 Å². The molecule has 5 rings (SSSR count). The maximum absolute atomic E-state index is 11.7. The summed E-state index contributed by atoms with van der Waals surface area (Å²) in [4.78, 5) is 0. The average molecular weight is 296 g/mol. The topological polar surface area (TPSA) is 20.2 Å². The molecule has 110 valence electrons. The first kappa shape index (κ1) is 12.9. The minimum atomic E-state index is -0.969. The Labute approximate surface area is 134 Å². The molecule has 4 aromatic rings. The van der Waals surface area contributed by atoms with E-state index in [1.165, 1.54) is 27.1 Å². The molecule has 0 aliphatic heterocycles. The summed E-state index contributed by atoms with van der Waals surface area (Å²) < 4.78 is 0. The van der Waals surface area contributed by atoms with Crippen molar-refractivity contribution >= 4 is 21.5 Å². The molecule has 0 aromatic heterocycles. The Balaban J connectivity index is 1.97. The molecule has 4 aromatic carbocycles. The Kier molecular flexibility index (Phi) is 2.48. The normalized spacial score (nSPS) is 19.5. The van der Waals surface area contributed by atoms with Gasteiger partial charge in [0.2, 0.25) is 0 Å². The van der Waals surface area contributed by atoms with Crippen LogP contribution in [-0.4, -0.2) is 5.11 Å². The highest BCUT2D eigenvalue weighted by Gasteiger charge is 2.37. The van der Waals surface area contributed by atoms with Gasteiger partial charge in [-0.25, -0.2) is 0 Å². The lowest BCUT2D eigenvalue weighted by atomic mass is 9.73. The van der Waals surface area contributed by atoms with Crippen LogP contribution in [0.1, 0.15) is 16.7 Å². The van der Waals surface area contributed by atoms with Gasteiger partial charge < -0.3 is 5.11 Å². The largest absolute Gasteiger partial charge is 0.380 e. The lowest BCUT2D eigenvalue weighted by Gasteiger charge is -2.35. The van der Waals surface area contributed by atoms with Crippen molar-refractivity contribution < 1.29 is 5.11 Å². The Hall–Kier alpha value is -2.64. The summed E-state index contributed by atoms with van der Waals surface area (Å²) in [6.45, 7) is 0. The van der Waals surface area contributed by atoms with Gasteiger partial charge in [-0.3, -0.25) is 0 Å². The molecule has 0 saturated heterocycles. The van der Waals surface area contributed by atoms with E-state index in [0.717, 1.165) is 11.1 Å². The van der Waals surface area contributed by atoms with Gasteiger partial charge in [-0.2, -0.15) is 0 Å². The van der Waals surface area contributed by atoms with Crippen LogP contribution in [0.4, 0.5) is 0 Å². The van der Waals surface area contributed by atoms with Gasteiger partial charge in [-0.15, -0.1) is 0 Å². The minimum absolute atomic E-state index is 0.616. The van der Waals surface area contributed by atoms with E-state index in [0.29, 0.717) is 6.42 Å². The second kappa shape index (κ2) is 4.43. The maximum Gasteiger partial charge on any atom is 0.119 e. The number of benzene rings is 4. The molecule has 1 unspecified atom stereocenters. The zero-order chi connectivity index (χ0) is 15.4. The highest BCUT2D eigenvalue weighted by molar-refractivity contribution is 6.12. The SMILES string of the molecule is OC1(c2ccccc2)Cc2cccc3ccc4cccc1c4c23. The smallest absolute Gasteiger partial charge is 0.119 e. The first-order valence-electron chi connectivity index (χ1n) is 7.99. The quantitative estimate of drug-likeness (QED) is 0.501. The summed E-state index contributed by atoms with van der Waals surface area (Å²) in [7, 11) is 0. The third kappa shape index (κ3) is 1.66. The molecule has 0 amide bonds. The van der Waals surface area contributed by atoms with Crippen LogP contribution >= 0.6 is 0 Å². The minimum Gasteiger partial charge on any atom is -0.380 e. The molecule has 0 saturated carbocycles. The predicted molar refractivity (Wildman–Crippen MR) is 94.6 cm³/mol. The molecule has 0 bridgehead atoms. The zero-order valence-corrected chi connectivity index (χ0v) is 12.7. The molecule has 0 spiro atoms. The predicted octanol–water partition coefficient (Wildman–Crippen LogP) is 4.79. The fourth-order valence-electron chi connectivity index (χ4n) is 4.07. The second-order valence-corrected chi connectivity index (χ2v) is 6.39. The lowest BCUT2D eigenvalue weighted by molar-refractivity contribution is 0.0821. The van der Waals surface area contributed by atoms with Crippen molar-refractivity contribution in [1.82, 2.24) is 0 Å². The van der Waals surface area contributed by atoms with Crippen LogP contribution in [0.15, 0.2) is 78.9 Å². The monoisotopic (exact) mass is 296 g/mol. The lowest BCUT2D eigenvalue weighted by Crippen LogP contribution is -2.32. The van der Waals surface area contributed by atoms with Gasteiger partial charge >= 0.3 is 0 Å². The molecule has 1 N–H and O–H groups in total. The highest BCUT2D eigenvalue weighted by atomic mass is 16.3. The zero-order valence-electron chi connectivity index (χ0n) is 12.7. The summed E-state index contributed by atoms with van der Waals surface area (Å²) in [5.74, 6) is 0. The Morgan fingerprint density at radius 3 is 2.13 bits per heavy atom. The van der Waals surface area contributed by atoms with Crippen molar-refractivity contribution in [2.24, 2.45) is 0 Å². The average Bonchev–Trinajstić information content (AvgIpc) is 2.61. The van der Waals surface area contributed by atoms with Gasteiger partial charge in [-0.1, -0.05) is 78.9 Å². The molecule has 1 aliphatic carbocycles. The van der Waals surface area contributed by atoms with Crippen LogP contribution < -0.4 is 0 Å². The van der Waals surface area contributed by atoms with E-state index in [4.69, 9.17) is 0 Å². The standard InChI is InChI=1S/C22H16O/c23-22(18-9-2-1-3-10-18)14-17-8-4-6-15-12-13-16-7-5-11-19(22)21(16)20(15)17/h1-13,23H,14H2. The van der Waals surface area contributed by atoms with E-state index in [2.05, 4.69) is 42.5 Å². The first-order valence-corrected chi connectivity index (χ1v) is 7.99. The molecule has 1 aliphatic rings. The van der Waals surface area contributed by atoms with Gasteiger partial charge in [0.25, 0.3) is 0 Å². The van der Waals surface area contributed by atoms with Crippen LogP contribution in [0.3, 0.4) is 0 Å². The van der Waals surface area contributed by atoms with Crippen LogP contribution in [0.25, 0.3) is 21.5 Å². The van der Waals surface area contributed by atoms with E-state index >= 15 is 0 Å². The molecular weight excluding hydrogens is 280 g/mol. The highest BCUT2D eigenvalue weighted by Crippen LogP contribution is 2.45. The van der Waals surface area contributed by atoms with Gasteiger partial charge in [0.05, 0.1) is 0 Å². The number of aliphatic hydroxyl groups is 1. The number of hydrogen-bond acceptors (Lipinski definition) is 1. The first-order chi connectivity index (χ1) is 11.3. The van der Waals surface area contributed by atoms with Crippen LogP contribution in [0.5, 0.6) is 0 Å². The van der Waals surface area contributed by atoms with Crippen molar-refractivity contribution in [2.45, 2.75) is 12.0 Å². The Bertz CT molecular complexity index is 1050. The van der Waals surface area contributed by atoms with Crippen molar-refractivity contribution in [2.75, 3.05) is 0 Å². The van der Waals surface area contributed by atoms with Gasteiger partial charge in [0.1, 0.15) is 5.60 Å². The molecule has 1 atom stereocenters. The molecule has 0 heterocycles. The fraction of sp³-hybridized carbons (Fsp3) is 0.0909. The molecule has 0 radical (unpaired) electrons. The Morgan fingerprint density at radius 1 is 0.652 bits per heavy atom. The summed E-state index contributed by atoms with van der Waals surface area (Å²) in [5.41, 5.74) is 2.23. The van der Waals surface area contributed by atoms with Gasteiger partial charge in [-0.05, 0) is 38.2 Å². The summed E-state index contributed by atoms with van der Waals surface area (Å²) >= 11 is 0. The van der Waals surface area contributed by atoms with E-state index in [1.54, 1.807) is 0 Å². The van der Waals surface area contributed by atoms with E-state index < -0.39 is 5.60 Å². The molecule has 1 nitrogen and oxygen atoms in total. The summed E-state index contributed by atoms with van der Waals surface area (Å²) in [6.07, 6.45) is 0.616. The second-order valence-electron chi connectivity index (χ2n) is 6.39. The molecule has 0 fully saturated rings. The Morgan fingerprint density at radius 2 is 1.35 bits per heavy atom.